The van der Waals surface area contributed by atoms with Gasteiger partial charge in [0, 0.05) is 13.1 Å². The van der Waals surface area contributed by atoms with Crippen molar-refractivity contribution in [1.29, 1.82) is 0 Å². The molecule has 0 aromatic heterocycles. The lowest BCUT2D eigenvalue weighted by atomic mass is 9.93. The summed E-state index contributed by atoms with van der Waals surface area (Å²) in [6.45, 7) is 3.80. The Bertz CT molecular complexity index is 632. The number of aliphatic carboxylic acids is 1. The molecule has 2 aliphatic rings. The number of hydrogen-bond donors (Lipinski definition) is 2. The van der Waals surface area contributed by atoms with E-state index in [0.29, 0.717) is 19.5 Å². The van der Waals surface area contributed by atoms with Crippen LogP contribution in [0.1, 0.15) is 36.8 Å². The average Bonchev–Trinajstić information content (AvgIpc) is 2.65. The maximum absolute atomic E-state index is 11.6. The van der Waals surface area contributed by atoms with Gasteiger partial charge in [0.2, 0.25) is 0 Å². The number of rotatable bonds is 5. The normalized spacial score (nSPS) is 17.2. The van der Waals surface area contributed by atoms with Crippen LogP contribution in [0.4, 0.5) is 0 Å². The lowest BCUT2D eigenvalue weighted by molar-refractivity contribution is -0.156. The van der Waals surface area contributed by atoms with Crippen LogP contribution in [0, 0.1) is 5.92 Å². The number of piperidine rings is 1. The molecule has 0 bridgehead atoms. The molecule has 2 N–H and O–H groups in total. The van der Waals surface area contributed by atoms with Crippen molar-refractivity contribution in [2.24, 2.45) is 5.92 Å². The highest BCUT2D eigenvalue weighted by molar-refractivity contribution is 6.31. The Kier molecular flexibility index (Phi) is 7.72. The Morgan fingerprint density at radius 3 is 2.73 bits per heavy atom. The largest absolute Gasteiger partial charge is 0.494 e. The molecule has 1 fully saturated rings. The van der Waals surface area contributed by atoms with E-state index in [1.54, 1.807) is 0 Å². The first-order chi connectivity index (χ1) is 12.1. The maximum Gasteiger partial charge on any atom is 0.394 e. The highest BCUT2D eigenvalue weighted by Crippen LogP contribution is 2.24. The minimum Gasteiger partial charge on any atom is -0.494 e. The molecule has 6 nitrogen and oxygen atoms in total. The smallest absolute Gasteiger partial charge is 0.394 e. The molecule has 0 aliphatic carbocycles. The van der Waals surface area contributed by atoms with E-state index in [1.807, 2.05) is 18.2 Å². The van der Waals surface area contributed by atoms with Gasteiger partial charge in [-0.25, -0.2) is 4.79 Å². The summed E-state index contributed by atoms with van der Waals surface area (Å²) < 4.78 is 5.89. The van der Waals surface area contributed by atoms with Crippen molar-refractivity contribution >= 4 is 24.3 Å². The van der Waals surface area contributed by atoms with Crippen molar-refractivity contribution in [3.63, 3.8) is 0 Å². The Morgan fingerprint density at radius 1 is 1.23 bits per heavy atom. The summed E-state index contributed by atoms with van der Waals surface area (Å²) in [7, 11) is 0. The Balaban J connectivity index is 0.00000243. The van der Waals surface area contributed by atoms with E-state index in [1.165, 1.54) is 24.2 Å². The van der Waals surface area contributed by atoms with Gasteiger partial charge in [-0.3, -0.25) is 4.79 Å². The number of nitrogens with zero attached hydrogens (tertiary/aromatic N) is 1. The van der Waals surface area contributed by atoms with E-state index in [-0.39, 0.29) is 12.4 Å². The molecule has 144 valence electrons. The van der Waals surface area contributed by atoms with Gasteiger partial charge in [0.1, 0.15) is 5.75 Å². The van der Waals surface area contributed by atoms with Crippen LogP contribution in [0.5, 0.6) is 5.75 Å². The number of carbonyl (C=O) groups excluding carboxylic acids is 1. The second-order valence-corrected chi connectivity index (χ2v) is 6.90. The number of fused-ring (bicyclic) bond motifs is 1. The van der Waals surface area contributed by atoms with Crippen LogP contribution in [0.3, 0.4) is 0 Å². The van der Waals surface area contributed by atoms with Gasteiger partial charge >= 0.3 is 11.9 Å². The van der Waals surface area contributed by atoms with Crippen LogP contribution in [-0.2, 0) is 22.6 Å². The first-order valence-electron chi connectivity index (χ1n) is 9.11. The van der Waals surface area contributed by atoms with Crippen LogP contribution in [0.25, 0.3) is 0 Å². The number of hydrogen-bond acceptors (Lipinski definition) is 4. The zero-order chi connectivity index (χ0) is 17.6. The molecule has 1 aromatic carbocycles. The third kappa shape index (κ3) is 5.35. The van der Waals surface area contributed by atoms with E-state index in [2.05, 4.69) is 5.32 Å². The standard InChI is InChI=1S/C19H26N2O4.ClH/c22-18(19(23)24)21-10-7-15-12-17(4-3-16(15)13-21)25-11-1-2-14-5-8-20-9-6-14;/h3-4,12,14,20H,1-2,5-11,13H2,(H,23,24);1H. The van der Waals surface area contributed by atoms with Crippen molar-refractivity contribution in [2.75, 3.05) is 26.2 Å². The summed E-state index contributed by atoms with van der Waals surface area (Å²) in [4.78, 5) is 23.8. The number of halogens is 1. The fourth-order valence-corrected chi connectivity index (χ4v) is 3.66. The summed E-state index contributed by atoms with van der Waals surface area (Å²) in [5.41, 5.74) is 2.15. The zero-order valence-electron chi connectivity index (χ0n) is 14.9. The van der Waals surface area contributed by atoms with Gasteiger partial charge in [0.05, 0.1) is 6.61 Å². The van der Waals surface area contributed by atoms with Crippen LogP contribution < -0.4 is 10.1 Å². The van der Waals surface area contributed by atoms with Gasteiger partial charge < -0.3 is 20.1 Å². The Labute approximate surface area is 160 Å². The summed E-state index contributed by atoms with van der Waals surface area (Å²) in [5.74, 6) is -0.533. The zero-order valence-corrected chi connectivity index (χ0v) is 15.7. The molecule has 1 amide bonds. The topological polar surface area (TPSA) is 78.9 Å². The number of ether oxygens (including phenoxy) is 1. The van der Waals surface area contributed by atoms with Crippen molar-refractivity contribution in [3.05, 3.63) is 29.3 Å². The number of amides is 1. The fraction of sp³-hybridized carbons (Fsp3) is 0.579. The highest BCUT2D eigenvalue weighted by atomic mass is 35.5. The predicted molar refractivity (Wildman–Crippen MR) is 101 cm³/mol. The van der Waals surface area contributed by atoms with Crippen LogP contribution in [-0.4, -0.2) is 48.1 Å². The van der Waals surface area contributed by atoms with Gasteiger partial charge in [-0.1, -0.05) is 6.07 Å². The van der Waals surface area contributed by atoms with Gasteiger partial charge in [0.25, 0.3) is 0 Å². The van der Waals surface area contributed by atoms with Gasteiger partial charge in [-0.05, 0) is 74.4 Å². The minimum absolute atomic E-state index is 0. The third-order valence-electron chi connectivity index (χ3n) is 5.14. The molecule has 26 heavy (non-hydrogen) atoms. The van der Waals surface area contributed by atoms with Gasteiger partial charge in [-0.2, -0.15) is 0 Å². The molecule has 0 spiro atoms. The molecule has 1 saturated heterocycles. The summed E-state index contributed by atoms with van der Waals surface area (Å²) in [6, 6.07) is 5.89. The quantitative estimate of drug-likeness (QED) is 0.603. The van der Waals surface area contributed by atoms with Gasteiger partial charge in [0.15, 0.2) is 0 Å². The second-order valence-electron chi connectivity index (χ2n) is 6.90. The molecule has 7 heteroatoms. The maximum atomic E-state index is 11.6. The molecule has 3 rings (SSSR count). The predicted octanol–water partition coefficient (Wildman–Crippen LogP) is 2.24. The van der Waals surface area contributed by atoms with Crippen LogP contribution >= 0.6 is 12.4 Å². The molecule has 0 unspecified atom stereocenters. The molecular weight excluding hydrogens is 356 g/mol. The van der Waals surface area contributed by atoms with Crippen LogP contribution in [0.2, 0.25) is 0 Å². The molecule has 2 heterocycles. The number of carbonyl (C=O) groups is 2. The fourth-order valence-electron chi connectivity index (χ4n) is 3.66. The first kappa shape index (κ1) is 20.5. The molecule has 0 saturated carbocycles. The lowest BCUT2D eigenvalue weighted by Crippen LogP contribution is -2.40. The van der Waals surface area contributed by atoms with Crippen molar-refractivity contribution < 1.29 is 19.4 Å². The number of carboxylic acid groups (broad SMARTS) is 1. The SMILES string of the molecule is Cl.O=C(O)C(=O)N1CCc2cc(OCCCC3CCNCC3)ccc2C1. The average molecular weight is 383 g/mol. The Hall–Kier alpha value is -1.79. The summed E-state index contributed by atoms with van der Waals surface area (Å²) in [5, 5.41) is 12.2. The molecule has 1 aromatic rings. The molecular formula is C19H27ClN2O4. The van der Waals surface area contributed by atoms with Crippen LogP contribution in [0.15, 0.2) is 18.2 Å². The summed E-state index contributed by atoms with van der Waals surface area (Å²) in [6.07, 6.45) is 5.50. The van der Waals surface area contributed by atoms with E-state index in [4.69, 9.17) is 9.84 Å². The monoisotopic (exact) mass is 382 g/mol. The second kappa shape index (κ2) is 9.78. The third-order valence-corrected chi connectivity index (χ3v) is 5.14. The number of carboxylic acids is 1. The number of benzene rings is 1. The van der Waals surface area contributed by atoms with E-state index >= 15 is 0 Å². The minimum atomic E-state index is -1.39. The Morgan fingerprint density at radius 2 is 2.00 bits per heavy atom. The van der Waals surface area contributed by atoms with Crippen molar-refractivity contribution in [2.45, 2.75) is 38.6 Å². The first-order valence-corrected chi connectivity index (χ1v) is 9.11. The summed E-state index contributed by atoms with van der Waals surface area (Å²) >= 11 is 0. The van der Waals surface area contributed by atoms with E-state index in [9.17, 15) is 9.59 Å². The molecule has 0 radical (unpaired) electrons. The number of nitrogens with one attached hydrogen (secondary N) is 1. The molecule has 0 atom stereocenters. The highest BCUT2D eigenvalue weighted by Gasteiger charge is 2.25. The molecule has 2 aliphatic heterocycles. The van der Waals surface area contributed by atoms with E-state index < -0.39 is 11.9 Å². The van der Waals surface area contributed by atoms with Gasteiger partial charge in [-0.15, -0.1) is 12.4 Å². The van der Waals surface area contributed by atoms with Crippen molar-refractivity contribution in [1.82, 2.24) is 10.2 Å². The van der Waals surface area contributed by atoms with E-state index in [0.717, 1.165) is 48.9 Å². The lowest BCUT2D eigenvalue weighted by Gasteiger charge is -2.27. The van der Waals surface area contributed by atoms with Crippen molar-refractivity contribution in [3.8, 4) is 5.75 Å².